The highest BCUT2D eigenvalue weighted by Gasteiger charge is 2.16. The van der Waals surface area contributed by atoms with Gasteiger partial charge in [0, 0.05) is 4.88 Å². The zero-order valence-electron chi connectivity index (χ0n) is 8.93. The van der Waals surface area contributed by atoms with E-state index in [2.05, 4.69) is 17.9 Å². The molecule has 2 rings (SSSR count). The van der Waals surface area contributed by atoms with Crippen molar-refractivity contribution in [1.82, 2.24) is 0 Å². The quantitative estimate of drug-likeness (QED) is 0.550. The van der Waals surface area contributed by atoms with Gasteiger partial charge >= 0.3 is 0 Å². The standard InChI is InChI=1S/C13H14OS/c1-2-3-7-11(14)13-9-10-6-4-5-8-12(10)15-13/h9H,4-8H2,1H3. The average molecular weight is 218 g/mol. The summed E-state index contributed by atoms with van der Waals surface area (Å²) < 4.78 is 0. The monoisotopic (exact) mass is 218 g/mol. The van der Waals surface area contributed by atoms with E-state index < -0.39 is 0 Å². The molecule has 0 fully saturated rings. The minimum Gasteiger partial charge on any atom is -0.292 e. The summed E-state index contributed by atoms with van der Waals surface area (Å²) in [6, 6.07) is 2.08. The summed E-state index contributed by atoms with van der Waals surface area (Å²) in [6.07, 6.45) is 5.23. The summed E-state index contributed by atoms with van der Waals surface area (Å²) in [7, 11) is 0. The average Bonchev–Trinajstić information content (AvgIpc) is 2.69. The summed E-state index contributed by atoms with van der Waals surface area (Å²) in [5.74, 6) is 5.78. The van der Waals surface area contributed by atoms with E-state index in [4.69, 9.17) is 0 Å². The summed E-state index contributed by atoms with van der Waals surface area (Å²) in [5.41, 5.74) is 1.40. The van der Waals surface area contributed by atoms with Gasteiger partial charge in [-0.05, 0) is 44.2 Å². The zero-order chi connectivity index (χ0) is 10.7. The Morgan fingerprint density at radius 2 is 2.27 bits per heavy atom. The van der Waals surface area contributed by atoms with Crippen molar-refractivity contribution in [3.05, 3.63) is 21.4 Å². The molecule has 78 valence electrons. The predicted molar refractivity (Wildman–Crippen MR) is 63.4 cm³/mol. The normalized spacial score (nSPS) is 13.9. The Morgan fingerprint density at radius 1 is 1.47 bits per heavy atom. The SMILES string of the molecule is CC#CCC(=O)c1cc2c(s1)CCCC2. The maximum atomic E-state index is 11.7. The van der Waals surface area contributed by atoms with E-state index in [1.807, 2.05) is 0 Å². The molecule has 0 unspecified atom stereocenters. The van der Waals surface area contributed by atoms with E-state index in [1.54, 1.807) is 18.3 Å². The first kappa shape index (κ1) is 10.4. The first-order valence-corrected chi connectivity index (χ1v) is 6.17. The maximum absolute atomic E-state index is 11.7. The number of aryl methyl sites for hydroxylation is 2. The van der Waals surface area contributed by atoms with E-state index in [9.17, 15) is 4.79 Å². The Bertz CT molecular complexity index is 408. The molecule has 1 aromatic rings. The van der Waals surface area contributed by atoms with Gasteiger partial charge in [-0.1, -0.05) is 5.92 Å². The predicted octanol–water partition coefficient (Wildman–Crippen LogP) is 3.22. The Labute approximate surface area is 94.5 Å². The largest absolute Gasteiger partial charge is 0.292 e. The second kappa shape index (κ2) is 4.63. The van der Waals surface area contributed by atoms with Gasteiger partial charge in [0.2, 0.25) is 0 Å². The minimum absolute atomic E-state index is 0.184. The van der Waals surface area contributed by atoms with Gasteiger partial charge in [0.1, 0.15) is 0 Å². The van der Waals surface area contributed by atoms with E-state index in [0.717, 1.165) is 17.7 Å². The van der Waals surface area contributed by atoms with Crippen LogP contribution in [0.15, 0.2) is 6.07 Å². The number of ketones is 1. The van der Waals surface area contributed by atoms with Crippen molar-refractivity contribution in [3.63, 3.8) is 0 Å². The fourth-order valence-electron chi connectivity index (χ4n) is 1.88. The van der Waals surface area contributed by atoms with Gasteiger partial charge in [-0.25, -0.2) is 0 Å². The van der Waals surface area contributed by atoms with Gasteiger partial charge in [-0.2, -0.15) is 0 Å². The third kappa shape index (κ3) is 2.30. The number of thiophene rings is 1. The highest BCUT2D eigenvalue weighted by Crippen LogP contribution is 2.30. The van der Waals surface area contributed by atoms with Crippen LogP contribution in [0.4, 0.5) is 0 Å². The number of carbonyl (C=O) groups is 1. The highest BCUT2D eigenvalue weighted by molar-refractivity contribution is 7.14. The second-order valence-electron chi connectivity index (χ2n) is 3.79. The molecular formula is C13H14OS. The van der Waals surface area contributed by atoms with Crippen molar-refractivity contribution in [2.45, 2.75) is 39.0 Å². The van der Waals surface area contributed by atoms with E-state index in [0.29, 0.717) is 6.42 Å². The summed E-state index contributed by atoms with van der Waals surface area (Å²) >= 11 is 1.68. The third-order valence-corrected chi connectivity index (χ3v) is 3.98. The molecule has 0 atom stereocenters. The summed E-state index contributed by atoms with van der Waals surface area (Å²) in [5, 5.41) is 0. The molecule has 0 aromatic carbocycles. The molecule has 0 saturated carbocycles. The number of Topliss-reactive ketones (excluding diaryl/α,β-unsaturated/α-hetero) is 1. The van der Waals surface area contributed by atoms with E-state index in [1.165, 1.54) is 23.3 Å². The van der Waals surface area contributed by atoms with Crippen molar-refractivity contribution >= 4 is 17.1 Å². The first-order chi connectivity index (χ1) is 7.31. The van der Waals surface area contributed by atoms with Gasteiger partial charge in [-0.15, -0.1) is 17.3 Å². The van der Waals surface area contributed by atoms with Crippen LogP contribution in [0.1, 0.15) is 46.3 Å². The lowest BCUT2D eigenvalue weighted by molar-refractivity contribution is 0.100. The van der Waals surface area contributed by atoms with E-state index >= 15 is 0 Å². The van der Waals surface area contributed by atoms with Crippen molar-refractivity contribution < 1.29 is 4.79 Å². The maximum Gasteiger partial charge on any atom is 0.184 e. The van der Waals surface area contributed by atoms with Crippen LogP contribution in [-0.4, -0.2) is 5.78 Å². The number of hydrogen-bond acceptors (Lipinski definition) is 2. The molecular weight excluding hydrogens is 204 g/mol. The van der Waals surface area contributed by atoms with Crippen LogP contribution >= 0.6 is 11.3 Å². The van der Waals surface area contributed by atoms with Gasteiger partial charge in [0.05, 0.1) is 11.3 Å². The van der Waals surface area contributed by atoms with Crippen LogP contribution in [0.5, 0.6) is 0 Å². The van der Waals surface area contributed by atoms with Crippen LogP contribution in [-0.2, 0) is 12.8 Å². The molecule has 0 N–H and O–H groups in total. The Morgan fingerprint density at radius 3 is 3.00 bits per heavy atom. The molecule has 1 aliphatic carbocycles. The second-order valence-corrected chi connectivity index (χ2v) is 4.93. The Hall–Kier alpha value is -1.07. The highest BCUT2D eigenvalue weighted by atomic mass is 32.1. The van der Waals surface area contributed by atoms with Crippen molar-refractivity contribution in [3.8, 4) is 11.8 Å². The molecule has 2 heteroatoms. The number of rotatable bonds is 2. The topological polar surface area (TPSA) is 17.1 Å². The number of carbonyl (C=O) groups excluding carboxylic acids is 1. The fraction of sp³-hybridized carbons (Fsp3) is 0.462. The molecule has 0 amide bonds. The van der Waals surface area contributed by atoms with Crippen molar-refractivity contribution in [2.75, 3.05) is 0 Å². The molecule has 0 saturated heterocycles. The third-order valence-electron chi connectivity index (χ3n) is 2.70. The first-order valence-electron chi connectivity index (χ1n) is 5.35. The minimum atomic E-state index is 0.184. The molecule has 0 aliphatic heterocycles. The van der Waals surface area contributed by atoms with Gasteiger partial charge in [-0.3, -0.25) is 4.79 Å². The lowest BCUT2D eigenvalue weighted by Crippen LogP contribution is -1.96. The number of hydrogen-bond donors (Lipinski definition) is 0. The lowest BCUT2D eigenvalue weighted by Gasteiger charge is -2.08. The van der Waals surface area contributed by atoms with Crippen LogP contribution in [0, 0.1) is 11.8 Å². The van der Waals surface area contributed by atoms with Gasteiger partial charge in [0.25, 0.3) is 0 Å². The van der Waals surface area contributed by atoms with Gasteiger partial charge < -0.3 is 0 Å². The van der Waals surface area contributed by atoms with Crippen molar-refractivity contribution in [2.24, 2.45) is 0 Å². The molecule has 1 heterocycles. The fourth-order valence-corrected chi connectivity index (χ4v) is 3.07. The van der Waals surface area contributed by atoms with Crippen molar-refractivity contribution in [1.29, 1.82) is 0 Å². The van der Waals surface area contributed by atoms with E-state index in [-0.39, 0.29) is 5.78 Å². The van der Waals surface area contributed by atoms with Gasteiger partial charge in [0.15, 0.2) is 5.78 Å². The van der Waals surface area contributed by atoms with Crippen LogP contribution < -0.4 is 0 Å². The molecule has 1 nitrogen and oxygen atoms in total. The van der Waals surface area contributed by atoms with Crippen LogP contribution in [0.2, 0.25) is 0 Å². The Balaban J connectivity index is 2.17. The van der Waals surface area contributed by atoms with Crippen LogP contribution in [0.3, 0.4) is 0 Å². The summed E-state index contributed by atoms with van der Waals surface area (Å²) in [6.45, 7) is 1.77. The molecule has 0 bridgehead atoms. The van der Waals surface area contributed by atoms with Crippen LogP contribution in [0.25, 0.3) is 0 Å². The Kier molecular flexibility index (Phi) is 3.23. The molecule has 15 heavy (non-hydrogen) atoms. The molecule has 0 spiro atoms. The summed E-state index contributed by atoms with van der Waals surface area (Å²) in [4.78, 5) is 14.1. The number of fused-ring (bicyclic) bond motifs is 1. The molecule has 0 radical (unpaired) electrons. The molecule has 1 aromatic heterocycles. The smallest absolute Gasteiger partial charge is 0.184 e. The molecule has 1 aliphatic rings. The zero-order valence-corrected chi connectivity index (χ0v) is 9.75. The lowest BCUT2D eigenvalue weighted by atomic mass is 9.99.